The first kappa shape index (κ1) is 21.7. The minimum absolute atomic E-state index is 0.0974. The van der Waals surface area contributed by atoms with Crippen LogP contribution in [0.5, 0.6) is 0 Å². The molecule has 0 bridgehead atoms. The summed E-state index contributed by atoms with van der Waals surface area (Å²) in [7, 11) is 1.78. The van der Waals surface area contributed by atoms with Crippen molar-refractivity contribution in [1.29, 1.82) is 0 Å². The molecule has 0 unspecified atom stereocenters. The van der Waals surface area contributed by atoms with Gasteiger partial charge in [0, 0.05) is 25.1 Å². The average molecular weight is 479 g/mol. The highest BCUT2D eigenvalue weighted by Gasteiger charge is 2.42. The number of nitrogens with zero attached hydrogens (tertiary/aromatic N) is 4. The van der Waals surface area contributed by atoms with E-state index in [4.69, 9.17) is 21.3 Å². The molecule has 2 aromatic heterocycles. The van der Waals surface area contributed by atoms with Crippen molar-refractivity contribution in [3.63, 3.8) is 0 Å². The lowest BCUT2D eigenvalue weighted by Gasteiger charge is -2.40. The summed E-state index contributed by atoms with van der Waals surface area (Å²) in [6.07, 6.45) is 10.9. The van der Waals surface area contributed by atoms with E-state index in [0.717, 1.165) is 73.7 Å². The molecule has 0 saturated carbocycles. The van der Waals surface area contributed by atoms with Gasteiger partial charge in [-0.15, -0.1) is 0 Å². The molecule has 1 aliphatic heterocycles. The van der Waals surface area contributed by atoms with Gasteiger partial charge in [0.05, 0.1) is 35.5 Å². The van der Waals surface area contributed by atoms with Gasteiger partial charge in [0.25, 0.3) is 0 Å². The summed E-state index contributed by atoms with van der Waals surface area (Å²) in [6.45, 7) is 3.88. The molecule has 7 heteroatoms. The van der Waals surface area contributed by atoms with Gasteiger partial charge in [-0.3, -0.25) is 0 Å². The number of aryl methyl sites for hydroxylation is 1. The number of aromatic nitrogens is 3. The fourth-order valence-electron chi connectivity index (χ4n) is 6.11. The summed E-state index contributed by atoms with van der Waals surface area (Å²) in [5.41, 5.74) is 6.56. The second-order valence-electron chi connectivity index (χ2n) is 9.88. The maximum atomic E-state index is 14.2. The average Bonchev–Trinajstić information content (AvgIpc) is 3.45. The molecule has 3 aliphatic rings. The van der Waals surface area contributed by atoms with Crippen LogP contribution in [0.2, 0.25) is 5.02 Å². The third-order valence-electron chi connectivity index (χ3n) is 7.91. The first-order valence-electron chi connectivity index (χ1n) is 12.0. The Balaban J connectivity index is 1.28. The van der Waals surface area contributed by atoms with Gasteiger partial charge in [-0.2, -0.15) is 5.10 Å². The Morgan fingerprint density at radius 1 is 1.12 bits per heavy atom. The number of hydrogen-bond acceptors (Lipinski definition) is 4. The fourth-order valence-corrected chi connectivity index (χ4v) is 6.32. The Labute approximate surface area is 203 Å². The van der Waals surface area contributed by atoms with Crippen molar-refractivity contribution >= 4 is 22.9 Å². The zero-order valence-electron chi connectivity index (χ0n) is 19.6. The van der Waals surface area contributed by atoms with Crippen LogP contribution in [0.15, 0.2) is 53.4 Å². The van der Waals surface area contributed by atoms with Crippen molar-refractivity contribution in [2.75, 3.05) is 25.1 Å². The summed E-state index contributed by atoms with van der Waals surface area (Å²) in [5, 5.41) is 4.66. The topological polar surface area (TPSA) is 42.7 Å². The Hall–Kier alpha value is -2.86. The smallest absolute Gasteiger partial charge is 0.155 e. The van der Waals surface area contributed by atoms with Crippen LogP contribution in [-0.2, 0) is 4.74 Å². The summed E-state index contributed by atoms with van der Waals surface area (Å²) in [5.74, 6) is 1.62. The first-order valence-corrected chi connectivity index (χ1v) is 12.3. The maximum Gasteiger partial charge on any atom is 0.155 e. The molecule has 1 spiro atoms. The highest BCUT2D eigenvalue weighted by Crippen LogP contribution is 2.52. The molecule has 1 fully saturated rings. The van der Waals surface area contributed by atoms with Gasteiger partial charge < -0.3 is 9.64 Å². The molecule has 0 atom stereocenters. The zero-order valence-corrected chi connectivity index (χ0v) is 20.3. The minimum atomic E-state index is -0.440. The van der Waals surface area contributed by atoms with E-state index in [1.54, 1.807) is 24.9 Å². The van der Waals surface area contributed by atoms with E-state index < -0.39 is 5.82 Å². The molecule has 3 heterocycles. The van der Waals surface area contributed by atoms with E-state index in [2.05, 4.69) is 16.1 Å². The third kappa shape index (κ3) is 3.42. The van der Waals surface area contributed by atoms with Gasteiger partial charge in [-0.25, -0.2) is 13.9 Å². The molecule has 0 amide bonds. The van der Waals surface area contributed by atoms with Crippen LogP contribution in [0.4, 0.5) is 10.2 Å². The van der Waals surface area contributed by atoms with Crippen LogP contribution in [-0.4, -0.2) is 34.8 Å². The number of halogens is 2. The van der Waals surface area contributed by atoms with Gasteiger partial charge >= 0.3 is 0 Å². The fraction of sp³-hybridized carbons (Fsp3) is 0.407. The predicted molar refractivity (Wildman–Crippen MR) is 133 cm³/mol. The van der Waals surface area contributed by atoms with Gasteiger partial charge in [0.15, 0.2) is 5.82 Å². The summed E-state index contributed by atoms with van der Waals surface area (Å²) in [6, 6.07) is 6.84. The highest BCUT2D eigenvalue weighted by molar-refractivity contribution is 6.33. The largest absolute Gasteiger partial charge is 0.501 e. The number of anilines is 1. The van der Waals surface area contributed by atoms with E-state index in [1.165, 1.54) is 18.1 Å². The molecular weight excluding hydrogens is 451 g/mol. The van der Waals surface area contributed by atoms with Crippen LogP contribution in [0.3, 0.4) is 0 Å². The summed E-state index contributed by atoms with van der Waals surface area (Å²) < 4.78 is 21.6. The normalized spacial score (nSPS) is 19.6. The van der Waals surface area contributed by atoms with E-state index >= 15 is 0 Å². The van der Waals surface area contributed by atoms with Crippen molar-refractivity contribution in [3.05, 3.63) is 70.0 Å². The first-order chi connectivity index (χ1) is 16.5. The maximum absolute atomic E-state index is 14.2. The van der Waals surface area contributed by atoms with E-state index in [9.17, 15) is 4.39 Å². The summed E-state index contributed by atoms with van der Waals surface area (Å²) >= 11 is 6.32. The standard InChI is InChI=1S/C27H28ClFN4O/c1-17-25(21-4-3-5-22(29)24(21)28)33-23(8-11-30-33)26(31-17)32-12-9-27(10-13-32)15-18-6-7-20(34-2)14-19(18)16-27/h3-5,8,11,14H,6-7,9-10,12-13,15-16H2,1-2H3. The highest BCUT2D eigenvalue weighted by atomic mass is 35.5. The number of methoxy groups -OCH3 is 1. The number of hydrogen-bond donors (Lipinski definition) is 0. The van der Waals surface area contributed by atoms with Gasteiger partial charge in [0.2, 0.25) is 0 Å². The van der Waals surface area contributed by atoms with Crippen LogP contribution >= 0.6 is 11.6 Å². The second kappa shape index (κ2) is 8.12. The lowest BCUT2D eigenvalue weighted by Crippen LogP contribution is -2.40. The van der Waals surface area contributed by atoms with E-state index in [-0.39, 0.29) is 5.02 Å². The molecule has 0 radical (unpaired) electrons. The minimum Gasteiger partial charge on any atom is -0.501 e. The molecule has 5 nitrogen and oxygen atoms in total. The number of allylic oxidation sites excluding steroid dienone is 4. The summed E-state index contributed by atoms with van der Waals surface area (Å²) in [4.78, 5) is 7.39. The number of piperidine rings is 1. The van der Waals surface area contributed by atoms with Crippen molar-refractivity contribution in [2.45, 2.75) is 45.4 Å². The van der Waals surface area contributed by atoms with Crippen molar-refractivity contribution in [2.24, 2.45) is 5.41 Å². The lowest BCUT2D eigenvalue weighted by molar-refractivity contribution is 0.231. The molecule has 6 rings (SSSR count). The van der Waals surface area contributed by atoms with Gasteiger partial charge in [-0.05, 0) is 68.2 Å². The van der Waals surface area contributed by atoms with Crippen LogP contribution in [0.1, 0.15) is 44.2 Å². The molecule has 176 valence electrons. The molecule has 34 heavy (non-hydrogen) atoms. The quantitative estimate of drug-likeness (QED) is 0.431. The molecule has 3 aromatic rings. The van der Waals surface area contributed by atoms with Crippen molar-refractivity contribution in [3.8, 4) is 11.3 Å². The monoisotopic (exact) mass is 478 g/mol. The number of rotatable bonds is 3. The number of fused-ring (bicyclic) bond motifs is 1. The number of benzene rings is 1. The molecule has 1 saturated heterocycles. The van der Waals surface area contributed by atoms with Crippen molar-refractivity contribution < 1.29 is 9.13 Å². The Morgan fingerprint density at radius 3 is 2.74 bits per heavy atom. The SMILES string of the molecule is COC1=CC2=C(CC1)CC1(CCN(c3nc(C)c(-c4cccc(F)c4Cl)n4nccc34)CC1)C2. The third-order valence-corrected chi connectivity index (χ3v) is 8.29. The zero-order chi connectivity index (χ0) is 23.4. The predicted octanol–water partition coefficient (Wildman–Crippen LogP) is 6.50. The molecule has 0 N–H and O–H groups in total. The van der Waals surface area contributed by atoms with Gasteiger partial charge in [-0.1, -0.05) is 29.3 Å². The van der Waals surface area contributed by atoms with E-state index in [1.807, 2.05) is 23.6 Å². The van der Waals surface area contributed by atoms with Crippen LogP contribution in [0.25, 0.3) is 16.8 Å². The molecule has 1 aromatic carbocycles. The second-order valence-corrected chi connectivity index (χ2v) is 10.3. The molecule has 2 aliphatic carbocycles. The lowest BCUT2D eigenvalue weighted by atomic mass is 9.75. The molecular formula is C27H28ClFN4O. The Bertz CT molecular complexity index is 1350. The van der Waals surface area contributed by atoms with Gasteiger partial charge in [0.1, 0.15) is 11.3 Å². The Morgan fingerprint density at radius 2 is 1.94 bits per heavy atom. The van der Waals surface area contributed by atoms with E-state index in [0.29, 0.717) is 11.0 Å². The Kier molecular flexibility index (Phi) is 5.17. The van der Waals surface area contributed by atoms with Crippen LogP contribution < -0.4 is 4.90 Å². The van der Waals surface area contributed by atoms with Crippen molar-refractivity contribution in [1.82, 2.24) is 14.6 Å². The van der Waals surface area contributed by atoms with Crippen LogP contribution in [0, 0.1) is 18.2 Å². The number of ether oxygens (including phenoxy) is 1.